The van der Waals surface area contributed by atoms with Crippen molar-refractivity contribution in [1.29, 1.82) is 0 Å². The molecule has 2 amide bonds. The van der Waals surface area contributed by atoms with Gasteiger partial charge in [0, 0.05) is 30.7 Å². The van der Waals surface area contributed by atoms with Crippen LogP contribution in [0.4, 0.5) is 17.1 Å². The van der Waals surface area contributed by atoms with Gasteiger partial charge >= 0.3 is 0 Å². The molecule has 1 aromatic heterocycles. The van der Waals surface area contributed by atoms with E-state index in [1.807, 2.05) is 18.3 Å². The zero-order valence-electron chi connectivity index (χ0n) is 16.4. The largest absolute Gasteiger partial charge is 0.326 e. The Labute approximate surface area is 174 Å². The number of aromatic nitrogens is 2. The van der Waals surface area contributed by atoms with Crippen molar-refractivity contribution < 1.29 is 18.0 Å². The molecule has 0 saturated heterocycles. The molecule has 9 nitrogen and oxygen atoms in total. The van der Waals surface area contributed by atoms with Crippen LogP contribution in [0.3, 0.4) is 0 Å². The monoisotopic (exact) mass is 427 g/mol. The van der Waals surface area contributed by atoms with Crippen LogP contribution in [0.15, 0.2) is 60.9 Å². The predicted molar refractivity (Wildman–Crippen MR) is 115 cm³/mol. The van der Waals surface area contributed by atoms with Crippen LogP contribution < -0.4 is 15.4 Å². The fourth-order valence-corrected chi connectivity index (χ4v) is 3.41. The van der Waals surface area contributed by atoms with Gasteiger partial charge in [0.05, 0.1) is 24.1 Å². The third kappa shape index (κ3) is 5.92. The Morgan fingerprint density at radius 1 is 1.03 bits per heavy atom. The first kappa shape index (κ1) is 21.1. The van der Waals surface area contributed by atoms with Crippen molar-refractivity contribution in [2.45, 2.75) is 13.5 Å². The summed E-state index contributed by atoms with van der Waals surface area (Å²) in [5.74, 6) is -0.832. The van der Waals surface area contributed by atoms with E-state index >= 15 is 0 Å². The number of anilines is 3. The second-order valence-electron chi connectivity index (χ2n) is 6.67. The zero-order chi connectivity index (χ0) is 21.7. The molecule has 0 saturated carbocycles. The molecule has 10 heteroatoms. The number of benzene rings is 2. The molecule has 3 rings (SSSR count). The highest BCUT2D eigenvalue weighted by Gasteiger charge is 2.16. The average Bonchev–Trinajstić information content (AvgIpc) is 3.14. The summed E-state index contributed by atoms with van der Waals surface area (Å²) < 4.78 is 27.4. The van der Waals surface area contributed by atoms with Crippen molar-refractivity contribution in [3.63, 3.8) is 0 Å². The van der Waals surface area contributed by atoms with Gasteiger partial charge < -0.3 is 10.6 Å². The van der Waals surface area contributed by atoms with Crippen molar-refractivity contribution in [3.8, 4) is 0 Å². The molecule has 2 aromatic carbocycles. The van der Waals surface area contributed by atoms with Gasteiger partial charge in [-0.2, -0.15) is 5.10 Å². The highest BCUT2D eigenvalue weighted by atomic mass is 32.2. The Morgan fingerprint density at radius 3 is 2.47 bits per heavy atom. The van der Waals surface area contributed by atoms with Gasteiger partial charge in [0.25, 0.3) is 5.91 Å². The summed E-state index contributed by atoms with van der Waals surface area (Å²) in [6, 6.07) is 13.4. The van der Waals surface area contributed by atoms with E-state index in [4.69, 9.17) is 0 Å². The minimum Gasteiger partial charge on any atom is -0.326 e. The lowest BCUT2D eigenvalue weighted by molar-refractivity contribution is -0.114. The van der Waals surface area contributed by atoms with Crippen LogP contribution in [0.5, 0.6) is 0 Å². The summed E-state index contributed by atoms with van der Waals surface area (Å²) in [6.07, 6.45) is 4.51. The van der Waals surface area contributed by atoms with Crippen LogP contribution in [0, 0.1) is 0 Å². The van der Waals surface area contributed by atoms with Crippen molar-refractivity contribution >= 4 is 38.9 Å². The fourth-order valence-electron chi connectivity index (χ4n) is 2.83. The molecule has 1 heterocycles. The minimum absolute atomic E-state index is 0.0733. The first-order valence-electron chi connectivity index (χ1n) is 8.97. The SMILES string of the molecule is CC(=O)Nc1ccc(NS(C)(=O)=O)c(C(=O)Nc2cccc(Cn3cccn3)c2)c1. The summed E-state index contributed by atoms with van der Waals surface area (Å²) in [6.45, 7) is 1.88. The number of hydrogen-bond acceptors (Lipinski definition) is 5. The third-order valence-electron chi connectivity index (χ3n) is 3.97. The predicted octanol–water partition coefficient (Wildman–Crippen LogP) is 2.51. The molecular weight excluding hydrogens is 406 g/mol. The molecular formula is C20H21N5O4S. The van der Waals surface area contributed by atoms with Crippen LogP contribution in [-0.4, -0.2) is 36.3 Å². The topological polar surface area (TPSA) is 122 Å². The van der Waals surface area contributed by atoms with Gasteiger partial charge in [-0.15, -0.1) is 0 Å². The van der Waals surface area contributed by atoms with Gasteiger partial charge in [0.1, 0.15) is 0 Å². The van der Waals surface area contributed by atoms with Gasteiger partial charge in [-0.1, -0.05) is 12.1 Å². The number of rotatable bonds is 7. The second kappa shape index (κ2) is 8.78. The van der Waals surface area contributed by atoms with Gasteiger partial charge in [0.15, 0.2) is 0 Å². The molecule has 0 aliphatic carbocycles. The van der Waals surface area contributed by atoms with Gasteiger partial charge in [-0.3, -0.25) is 19.0 Å². The molecule has 0 bridgehead atoms. The molecule has 0 aliphatic heterocycles. The number of amides is 2. The number of sulfonamides is 1. The van der Waals surface area contributed by atoms with E-state index in [0.29, 0.717) is 17.9 Å². The maximum Gasteiger partial charge on any atom is 0.257 e. The van der Waals surface area contributed by atoms with Gasteiger partial charge in [-0.05, 0) is 42.0 Å². The van der Waals surface area contributed by atoms with Crippen LogP contribution >= 0.6 is 0 Å². The summed E-state index contributed by atoms with van der Waals surface area (Å²) in [4.78, 5) is 24.2. The van der Waals surface area contributed by atoms with Crippen LogP contribution in [0.25, 0.3) is 0 Å². The van der Waals surface area contributed by atoms with Crippen LogP contribution in [-0.2, 0) is 21.4 Å². The van der Waals surface area contributed by atoms with Gasteiger partial charge in [-0.25, -0.2) is 8.42 Å². The van der Waals surface area contributed by atoms with Crippen molar-refractivity contribution in [2.24, 2.45) is 0 Å². The molecule has 0 fully saturated rings. The van der Waals surface area contributed by atoms with Crippen molar-refractivity contribution in [1.82, 2.24) is 9.78 Å². The van der Waals surface area contributed by atoms with E-state index in [-0.39, 0.29) is 17.2 Å². The lowest BCUT2D eigenvalue weighted by Crippen LogP contribution is -2.18. The summed E-state index contributed by atoms with van der Waals surface area (Å²) in [7, 11) is -3.60. The maximum atomic E-state index is 12.9. The van der Waals surface area contributed by atoms with Crippen LogP contribution in [0.2, 0.25) is 0 Å². The Hall–Kier alpha value is -3.66. The summed E-state index contributed by atoms with van der Waals surface area (Å²) in [5.41, 5.74) is 2.03. The first-order valence-corrected chi connectivity index (χ1v) is 10.9. The molecule has 3 aromatic rings. The van der Waals surface area contributed by atoms with E-state index < -0.39 is 15.9 Å². The molecule has 0 spiro atoms. The number of carbonyl (C=O) groups is 2. The summed E-state index contributed by atoms with van der Waals surface area (Å²) >= 11 is 0. The van der Waals surface area contributed by atoms with E-state index in [0.717, 1.165) is 11.8 Å². The second-order valence-corrected chi connectivity index (χ2v) is 8.42. The molecule has 0 atom stereocenters. The molecule has 3 N–H and O–H groups in total. The molecule has 30 heavy (non-hydrogen) atoms. The highest BCUT2D eigenvalue weighted by Crippen LogP contribution is 2.23. The number of nitrogens with zero attached hydrogens (tertiary/aromatic N) is 2. The fraction of sp³-hybridized carbons (Fsp3) is 0.150. The smallest absolute Gasteiger partial charge is 0.257 e. The lowest BCUT2D eigenvalue weighted by Gasteiger charge is -2.14. The van der Waals surface area contributed by atoms with E-state index in [1.54, 1.807) is 29.1 Å². The number of carbonyl (C=O) groups excluding carboxylic acids is 2. The first-order chi connectivity index (χ1) is 14.2. The number of hydrogen-bond donors (Lipinski definition) is 3. The zero-order valence-corrected chi connectivity index (χ0v) is 17.2. The quantitative estimate of drug-likeness (QED) is 0.535. The molecule has 0 unspecified atom stereocenters. The van der Waals surface area contributed by atoms with Crippen molar-refractivity contribution in [3.05, 3.63) is 72.1 Å². The summed E-state index contributed by atoms with van der Waals surface area (Å²) in [5, 5.41) is 9.51. The standard InChI is InChI=1S/C20H21N5O4S/c1-14(26)22-17-7-8-19(24-30(2,28)29)18(12-17)20(27)23-16-6-3-5-15(11-16)13-25-10-4-9-21-25/h3-12,24H,13H2,1-2H3,(H,22,26)(H,23,27). The van der Waals surface area contributed by atoms with Crippen molar-refractivity contribution in [2.75, 3.05) is 21.6 Å². The normalized spacial score (nSPS) is 11.0. The van der Waals surface area contributed by atoms with Crippen LogP contribution in [0.1, 0.15) is 22.8 Å². The Kier molecular flexibility index (Phi) is 6.17. The highest BCUT2D eigenvalue weighted by molar-refractivity contribution is 7.92. The molecule has 156 valence electrons. The Bertz CT molecular complexity index is 1170. The molecule has 0 radical (unpaired) electrons. The van der Waals surface area contributed by atoms with E-state index in [9.17, 15) is 18.0 Å². The average molecular weight is 427 g/mol. The number of nitrogens with one attached hydrogen (secondary N) is 3. The minimum atomic E-state index is -3.60. The molecule has 0 aliphatic rings. The Morgan fingerprint density at radius 2 is 1.80 bits per heavy atom. The third-order valence-corrected chi connectivity index (χ3v) is 4.56. The lowest BCUT2D eigenvalue weighted by atomic mass is 10.1. The van der Waals surface area contributed by atoms with E-state index in [2.05, 4.69) is 20.5 Å². The Balaban J connectivity index is 1.86. The maximum absolute atomic E-state index is 12.9. The van der Waals surface area contributed by atoms with E-state index in [1.165, 1.54) is 25.1 Å². The van der Waals surface area contributed by atoms with Gasteiger partial charge in [0.2, 0.25) is 15.9 Å².